The lowest BCUT2D eigenvalue weighted by Gasteiger charge is -2.14. The molecule has 16 heavy (non-hydrogen) atoms. The van der Waals surface area contributed by atoms with E-state index in [9.17, 15) is 4.79 Å². The molecular formula is C12H14N2O2. The van der Waals surface area contributed by atoms with E-state index in [4.69, 9.17) is 10.00 Å². The van der Waals surface area contributed by atoms with Crippen molar-refractivity contribution in [2.45, 2.75) is 19.4 Å². The summed E-state index contributed by atoms with van der Waals surface area (Å²) >= 11 is 0. The van der Waals surface area contributed by atoms with Crippen LogP contribution < -0.4 is 10.1 Å². The van der Waals surface area contributed by atoms with Gasteiger partial charge in [-0.3, -0.25) is 4.79 Å². The van der Waals surface area contributed by atoms with E-state index in [2.05, 4.69) is 5.32 Å². The minimum atomic E-state index is -0.663. The van der Waals surface area contributed by atoms with Gasteiger partial charge < -0.3 is 10.1 Å². The predicted octanol–water partition coefficient (Wildman–Crippen LogP) is 1.79. The smallest absolute Gasteiger partial charge is 0.221 e. The maximum Gasteiger partial charge on any atom is 0.221 e. The van der Waals surface area contributed by atoms with Gasteiger partial charge in [-0.05, 0) is 6.07 Å². The third-order valence-corrected chi connectivity index (χ3v) is 2.21. The first-order valence-corrected chi connectivity index (χ1v) is 5.04. The van der Waals surface area contributed by atoms with Crippen LogP contribution in [0.3, 0.4) is 0 Å². The lowest BCUT2D eigenvalue weighted by Crippen LogP contribution is -2.26. The third-order valence-electron chi connectivity index (χ3n) is 2.21. The number of methoxy groups -OCH3 is 1. The second-order valence-electron chi connectivity index (χ2n) is 3.23. The molecule has 0 aliphatic heterocycles. The number of hydrogen-bond acceptors (Lipinski definition) is 3. The standard InChI is InChI=1S/C12H14N2O2/c1-3-12(15)14-10(8-13)9-6-4-5-7-11(9)16-2/h4-7,10H,3H2,1-2H3,(H,14,15)/t10-/m0/s1. The molecule has 0 fully saturated rings. The number of nitrogens with zero attached hydrogens (tertiary/aromatic N) is 1. The quantitative estimate of drug-likeness (QED) is 0.838. The van der Waals surface area contributed by atoms with Gasteiger partial charge in [-0.2, -0.15) is 5.26 Å². The molecule has 0 heterocycles. The fourth-order valence-corrected chi connectivity index (χ4v) is 1.35. The number of nitriles is 1. The Hall–Kier alpha value is -2.02. The number of hydrogen-bond donors (Lipinski definition) is 1. The van der Waals surface area contributed by atoms with E-state index in [0.29, 0.717) is 17.7 Å². The van der Waals surface area contributed by atoms with Gasteiger partial charge in [-0.1, -0.05) is 25.1 Å². The monoisotopic (exact) mass is 218 g/mol. The Balaban J connectivity index is 2.95. The van der Waals surface area contributed by atoms with Crippen LogP contribution in [-0.4, -0.2) is 13.0 Å². The predicted molar refractivity (Wildman–Crippen MR) is 59.8 cm³/mol. The van der Waals surface area contributed by atoms with Crippen molar-refractivity contribution in [3.63, 3.8) is 0 Å². The van der Waals surface area contributed by atoms with Gasteiger partial charge in [0.2, 0.25) is 5.91 Å². The zero-order chi connectivity index (χ0) is 12.0. The van der Waals surface area contributed by atoms with Gasteiger partial charge in [0.1, 0.15) is 11.8 Å². The summed E-state index contributed by atoms with van der Waals surface area (Å²) in [5, 5.41) is 11.7. The molecular weight excluding hydrogens is 204 g/mol. The number of rotatable bonds is 4. The van der Waals surface area contributed by atoms with Gasteiger partial charge in [-0.15, -0.1) is 0 Å². The third kappa shape index (κ3) is 2.74. The van der Waals surface area contributed by atoms with Crippen LogP contribution in [0.5, 0.6) is 5.75 Å². The maximum absolute atomic E-state index is 11.3. The molecule has 0 aliphatic carbocycles. The van der Waals surface area contributed by atoms with Gasteiger partial charge in [0, 0.05) is 12.0 Å². The van der Waals surface area contributed by atoms with E-state index in [1.807, 2.05) is 12.1 Å². The zero-order valence-corrected chi connectivity index (χ0v) is 9.36. The van der Waals surface area contributed by atoms with E-state index in [-0.39, 0.29) is 5.91 Å². The first-order chi connectivity index (χ1) is 7.72. The normalized spacial score (nSPS) is 11.3. The van der Waals surface area contributed by atoms with Crippen LogP contribution in [0.1, 0.15) is 24.9 Å². The molecule has 1 atom stereocenters. The highest BCUT2D eigenvalue weighted by Gasteiger charge is 2.16. The van der Waals surface area contributed by atoms with Crippen LogP contribution in [0.15, 0.2) is 24.3 Å². The molecule has 0 aromatic heterocycles. The van der Waals surface area contributed by atoms with Crippen LogP contribution in [0.2, 0.25) is 0 Å². The van der Waals surface area contributed by atoms with Crippen molar-refractivity contribution in [1.29, 1.82) is 5.26 Å². The topological polar surface area (TPSA) is 62.1 Å². The average Bonchev–Trinajstić information content (AvgIpc) is 2.35. The minimum absolute atomic E-state index is 0.155. The number of carbonyl (C=O) groups is 1. The summed E-state index contributed by atoms with van der Waals surface area (Å²) in [6, 6.07) is 8.53. The van der Waals surface area contributed by atoms with Crippen molar-refractivity contribution in [2.75, 3.05) is 7.11 Å². The Morgan fingerprint density at radius 1 is 1.56 bits per heavy atom. The largest absolute Gasteiger partial charge is 0.496 e. The summed E-state index contributed by atoms with van der Waals surface area (Å²) in [5.74, 6) is 0.447. The highest BCUT2D eigenvalue weighted by molar-refractivity contribution is 5.76. The van der Waals surface area contributed by atoms with E-state index in [1.54, 1.807) is 25.1 Å². The Labute approximate surface area is 94.8 Å². The Kier molecular flexibility index (Phi) is 4.34. The van der Waals surface area contributed by atoms with Crippen molar-refractivity contribution in [3.05, 3.63) is 29.8 Å². The van der Waals surface area contributed by atoms with Crippen LogP contribution in [-0.2, 0) is 4.79 Å². The number of amides is 1. The lowest BCUT2D eigenvalue weighted by atomic mass is 10.1. The van der Waals surface area contributed by atoms with E-state index < -0.39 is 6.04 Å². The van der Waals surface area contributed by atoms with Crippen molar-refractivity contribution in [3.8, 4) is 11.8 Å². The molecule has 4 nitrogen and oxygen atoms in total. The van der Waals surface area contributed by atoms with Gasteiger partial charge in [0.15, 0.2) is 0 Å². The highest BCUT2D eigenvalue weighted by atomic mass is 16.5. The van der Waals surface area contributed by atoms with Crippen molar-refractivity contribution in [1.82, 2.24) is 5.32 Å². The molecule has 84 valence electrons. The van der Waals surface area contributed by atoms with Crippen molar-refractivity contribution in [2.24, 2.45) is 0 Å². The Morgan fingerprint density at radius 3 is 2.81 bits per heavy atom. The van der Waals surface area contributed by atoms with Gasteiger partial charge >= 0.3 is 0 Å². The number of nitrogens with one attached hydrogen (secondary N) is 1. The fraction of sp³-hybridized carbons (Fsp3) is 0.333. The SMILES string of the molecule is CCC(=O)N[C@@H](C#N)c1ccccc1OC. The first-order valence-electron chi connectivity index (χ1n) is 5.04. The molecule has 0 saturated carbocycles. The van der Waals surface area contributed by atoms with Crippen LogP contribution in [0, 0.1) is 11.3 Å². The zero-order valence-electron chi connectivity index (χ0n) is 9.36. The minimum Gasteiger partial charge on any atom is -0.496 e. The summed E-state index contributed by atoms with van der Waals surface area (Å²) < 4.78 is 5.14. The molecule has 1 rings (SSSR count). The molecule has 1 N–H and O–H groups in total. The van der Waals surface area contributed by atoms with Crippen molar-refractivity contribution >= 4 is 5.91 Å². The van der Waals surface area contributed by atoms with Gasteiger partial charge in [0.05, 0.1) is 13.2 Å². The second kappa shape index (κ2) is 5.76. The summed E-state index contributed by atoms with van der Waals surface area (Å²) in [5.41, 5.74) is 0.675. The molecule has 0 bridgehead atoms. The molecule has 0 saturated heterocycles. The Morgan fingerprint density at radius 2 is 2.25 bits per heavy atom. The molecule has 1 aromatic rings. The number of carbonyl (C=O) groups excluding carboxylic acids is 1. The van der Waals surface area contributed by atoms with E-state index >= 15 is 0 Å². The van der Waals surface area contributed by atoms with E-state index in [0.717, 1.165) is 0 Å². The second-order valence-corrected chi connectivity index (χ2v) is 3.23. The summed E-state index contributed by atoms with van der Waals surface area (Å²) in [6.45, 7) is 1.74. The van der Waals surface area contributed by atoms with E-state index in [1.165, 1.54) is 7.11 Å². The number of ether oxygens (including phenoxy) is 1. The lowest BCUT2D eigenvalue weighted by molar-refractivity contribution is -0.121. The molecule has 0 spiro atoms. The highest BCUT2D eigenvalue weighted by Crippen LogP contribution is 2.24. The maximum atomic E-state index is 11.3. The van der Waals surface area contributed by atoms with Crippen LogP contribution in [0.25, 0.3) is 0 Å². The fourth-order valence-electron chi connectivity index (χ4n) is 1.35. The van der Waals surface area contributed by atoms with Gasteiger partial charge in [0.25, 0.3) is 0 Å². The van der Waals surface area contributed by atoms with Gasteiger partial charge in [-0.25, -0.2) is 0 Å². The number of para-hydroxylation sites is 1. The average molecular weight is 218 g/mol. The number of benzene rings is 1. The van der Waals surface area contributed by atoms with Crippen LogP contribution >= 0.6 is 0 Å². The summed E-state index contributed by atoms with van der Waals surface area (Å²) in [6.07, 6.45) is 0.354. The molecule has 4 heteroatoms. The molecule has 0 radical (unpaired) electrons. The summed E-state index contributed by atoms with van der Waals surface area (Å²) in [7, 11) is 1.54. The van der Waals surface area contributed by atoms with Crippen molar-refractivity contribution < 1.29 is 9.53 Å². The molecule has 1 aromatic carbocycles. The van der Waals surface area contributed by atoms with Crippen LogP contribution in [0.4, 0.5) is 0 Å². The molecule has 0 unspecified atom stereocenters. The first kappa shape index (κ1) is 12.1. The summed E-state index contributed by atoms with van der Waals surface area (Å²) in [4.78, 5) is 11.3. The Bertz CT molecular complexity index is 410. The molecule has 0 aliphatic rings. The molecule has 1 amide bonds.